The third-order valence-corrected chi connectivity index (χ3v) is 3.12. The molecule has 0 unspecified atom stereocenters. The summed E-state index contributed by atoms with van der Waals surface area (Å²) < 4.78 is 2.27. The first-order valence-electron chi connectivity index (χ1n) is 4.98. The molecule has 5 heteroatoms. The second-order valence-corrected chi connectivity index (χ2v) is 4.76. The maximum Gasteiger partial charge on any atom is 0.265 e. The third-order valence-electron chi connectivity index (χ3n) is 2.35. The Hall–Kier alpha value is -0.870. The van der Waals surface area contributed by atoms with Gasteiger partial charge in [0, 0.05) is 18.1 Å². The zero-order chi connectivity index (χ0) is 11.7. The van der Waals surface area contributed by atoms with Crippen molar-refractivity contribution < 1.29 is 0 Å². The van der Waals surface area contributed by atoms with Crippen LogP contribution in [0.1, 0.15) is 13.3 Å². The molecule has 2 heterocycles. The second-order valence-electron chi connectivity index (χ2n) is 3.51. The van der Waals surface area contributed by atoms with Gasteiger partial charge in [0.2, 0.25) is 0 Å². The summed E-state index contributed by atoms with van der Waals surface area (Å²) in [6.07, 6.45) is 2.57. The van der Waals surface area contributed by atoms with Crippen molar-refractivity contribution in [2.45, 2.75) is 19.9 Å². The highest BCUT2D eigenvalue weighted by Crippen LogP contribution is 2.18. The van der Waals surface area contributed by atoms with Gasteiger partial charge in [-0.3, -0.25) is 4.79 Å². The topological polar surface area (TPSA) is 34.9 Å². The molecule has 16 heavy (non-hydrogen) atoms. The van der Waals surface area contributed by atoms with Crippen LogP contribution in [0.15, 0.2) is 27.6 Å². The lowest BCUT2D eigenvalue weighted by molar-refractivity contribution is 0.675. The van der Waals surface area contributed by atoms with Crippen molar-refractivity contribution in [2.24, 2.45) is 0 Å². The van der Waals surface area contributed by atoms with E-state index in [0.29, 0.717) is 16.2 Å². The van der Waals surface area contributed by atoms with E-state index < -0.39 is 0 Å². The quantitative estimate of drug-likeness (QED) is 0.798. The van der Waals surface area contributed by atoms with E-state index in [1.165, 1.54) is 0 Å². The smallest absolute Gasteiger partial charge is 0.265 e. The number of halogens is 2. The van der Waals surface area contributed by atoms with Gasteiger partial charge in [0.1, 0.15) is 5.15 Å². The van der Waals surface area contributed by atoms with E-state index in [0.717, 1.165) is 17.3 Å². The van der Waals surface area contributed by atoms with Crippen molar-refractivity contribution in [1.82, 2.24) is 9.55 Å². The summed E-state index contributed by atoms with van der Waals surface area (Å²) >= 11 is 9.11. The molecule has 0 aliphatic rings. The Labute approximate surface area is 106 Å². The van der Waals surface area contributed by atoms with Crippen molar-refractivity contribution in [3.8, 4) is 0 Å². The summed E-state index contributed by atoms with van der Waals surface area (Å²) in [7, 11) is 0. The van der Waals surface area contributed by atoms with E-state index in [1.54, 1.807) is 22.9 Å². The van der Waals surface area contributed by atoms with Gasteiger partial charge in [-0.25, -0.2) is 4.98 Å². The summed E-state index contributed by atoms with van der Waals surface area (Å²) in [5.41, 5.74) is 0.798. The Kier molecular flexibility index (Phi) is 3.30. The second kappa shape index (κ2) is 4.55. The molecule has 0 bridgehead atoms. The minimum atomic E-state index is -0.0309. The third kappa shape index (κ3) is 1.99. The molecule has 3 nitrogen and oxygen atoms in total. The molecule has 0 fully saturated rings. The van der Waals surface area contributed by atoms with Crippen molar-refractivity contribution in [3.05, 3.63) is 38.3 Å². The lowest BCUT2D eigenvalue weighted by atomic mass is 10.2. The van der Waals surface area contributed by atoms with Crippen LogP contribution >= 0.6 is 27.5 Å². The highest BCUT2D eigenvalue weighted by atomic mass is 79.9. The van der Waals surface area contributed by atoms with Crippen molar-refractivity contribution in [3.63, 3.8) is 0 Å². The fourth-order valence-electron chi connectivity index (χ4n) is 1.66. The fraction of sp³-hybridized carbons (Fsp3) is 0.273. The average Bonchev–Trinajstić information content (AvgIpc) is 2.26. The maximum atomic E-state index is 11.9. The van der Waals surface area contributed by atoms with Crippen LogP contribution in [0.2, 0.25) is 5.15 Å². The Morgan fingerprint density at radius 2 is 2.25 bits per heavy atom. The van der Waals surface area contributed by atoms with Gasteiger partial charge in [0.25, 0.3) is 5.56 Å². The number of hydrogen-bond acceptors (Lipinski definition) is 2. The molecule has 0 aliphatic carbocycles. The van der Waals surface area contributed by atoms with Crippen LogP contribution in [0.5, 0.6) is 0 Å². The molecule has 2 aromatic heterocycles. The minimum Gasteiger partial charge on any atom is -0.307 e. The Bertz CT molecular complexity index is 594. The number of hydrogen-bond donors (Lipinski definition) is 0. The molecule has 0 saturated carbocycles. The zero-order valence-corrected chi connectivity index (χ0v) is 11.0. The van der Waals surface area contributed by atoms with Crippen molar-refractivity contribution in [1.29, 1.82) is 0 Å². The summed E-state index contributed by atoms with van der Waals surface area (Å²) in [5.74, 6) is 0. The van der Waals surface area contributed by atoms with Gasteiger partial charge in [-0.2, -0.15) is 0 Å². The normalized spacial score (nSPS) is 10.9. The van der Waals surface area contributed by atoms with Gasteiger partial charge < -0.3 is 4.57 Å². The molecule has 0 aliphatic heterocycles. The van der Waals surface area contributed by atoms with Crippen molar-refractivity contribution in [2.75, 3.05) is 0 Å². The number of aryl methyl sites for hydroxylation is 1. The Balaban J connectivity index is 2.85. The largest absolute Gasteiger partial charge is 0.307 e. The maximum absolute atomic E-state index is 11.9. The number of rotatable bonds is 2. The Morgan fingerprint density at radius 3 is 2.94 bits per heavy atom. The molecule has 2 rings (SSSR count). The van der Waals surface area contributed by atoms with Crippen LogP contribution in [-0.2, 0) is 6.54 Å². The van der Waals surface area contributed by atoms with Crippen LogP contribution in [-0.4, -0.2) is 9.55 Å². The van der Waals surface area contributed by atoms with Crippen LogP contribution in [0.4, 0.5) is 0 Å². The summed E-state index contributed by atoms with van der Waals surface area (Å²) in [4.78, 5) is 15.9. The van der Waals surface area contributed by atoms with Gasteiger partial charge in [-0.1, -0.05) is 18.5 Å². The summed E-state index contributed by atoms with van der Waals surface area (Å²) in [6.45, 7) is 2.71. The number of nitrogens with zero attached hydrogens (tertiary/aromatic N) is 2. The Morgan fingerprint density at radius 1 is 1.50 bits per heavy atom. The first kappa shape index (κ1) is 11.6. The molecular weight excluding hydrogens is 291 g/mol. The lowest BCUT2D eigenvalue weighted by Gasteiger charge is -2.09. The summed E-state index contributed by atoms with van der Waals surface area (Å²) in [6, 6.07) is 3.49. The number of fused-ring (bicyclic) bond motifs is 1. The molecule has 0 radical (unpaired) electrons. The predicted octanol–water partition coefficient (Wildman–Crippen LogP) is 3.22. The van der Waals surface area contributed by atoms with Crippen molar-refractivity contribution >= 4 is 38.4 Å². The SMILES string of the molecule is CCCn1c(=O)c(Br)cc2cnc(Cl)cc21. The van der Waals surface area contributed by atoms with Gasteiger partial charge >= 0.3 is 0 Å². The molecular formula is C11H10BrClN2O. The molecule has 0 N–H and O–H groups in total. The lowest BCUT2D eigenvalue weighted by Crippen LogP contribution is -2.21. The minimum absolute atomic E-state index is 0.0309. The van der Waals surface area contributed by atoms with Crippen LogP contribution < -0.4 is 5.56 Å². The number of pyridine rings is 2. The molecule has 2 aromatic rings. The molecule has 84 valence electrons. The van der Waals surface area contributed by atoms with Gasteiger partial charge in [0.05, 0.1) is 9.99 Å². The van der Waals surface area contributed by atoms with Gasteiger partial charge in [-0.15, -0.1) is 0 Å². The highest BCUT2D eigenvalue weighted by Gasteiger charge is 2.07. The van der Waals surface area contributed by atoms with E-state index in [4.69, 9.17) is 11.6 Å². The highest BCUT2D eigenvalue weighted by molar-refractivity contribution is 9.10. The van der Waals surface area contributed by atoms with Crippen LogP contribution in [0.3, 0.4) is 0 Å². The summed E-state index contributed by atoms with van der Waals surface area (Å²) in [5, 5.41) is 1.31. The zero-order valence-electron chi connectivity index (χ0n) is 8.70. The molecule has 0 atom stereocenters. The monoisotopic (exact) mass is 300 g/mol. The van der Waals surface area contributed by atoms with E-state index in [1.807, 2.05) is 6.92 Å². The molecule has 0 saturated heterocycles. The average molecular weight is 302 g/mol. The predicted molar refractivity (Wildman–Crippen MR) is 69.0 cm³/mol. The van der Waals surface area contributed by atoms with E-state index in [-0.39, 0.29) is 5.56 Å². The van der Waals surface area contributed by atoms with Crippen LogP contribution in [0, 0.1) is 0 Å². The standard InChI is InChI=1S/C11H10BrClN2O/c1-2-3-15-9-5-10(13)14-6-7(9)4-8(12)11(15)16/h4-6H,2-3H2,1H3. The van der Waals surface area contributed by atoms with Crippen LogP contribution in [0.25, 0.3) is 10.9 Å². The first-order chi connectivity index (χ1) is 7.63. The molecule has 0 amide bonds. The fourth-order valence-corrected chi connectivity index (χ4v) is 2.27. The van der Waals surface area contributed by atoms with E-state index in [2.05, 4.69) is 20.9 Å². The van der Waals surface area contributed by atoms with Gasteiger partial charge in [-0.05, 0) is 34.5 Å². The molecule has 0 spiro atoms. The molecule has 0 aromatic carbocycles. The van der Waals surface area contributed by atoms with E-state index in [9.17, 15) is 4.79 Å². The van der Waals surface area contributed by atoms with E-state index >= 15 is 0 Å². The van der Waals surface area contributed by atoms with Gasteiger partial charge in [0.15, 0.2) is 0 Å². The number of aromatic nitrogens is 2. The first-order valence-corrected chi connectivity index (χ1v) is 6.15.